The molecule has 142 valence electrons. The summed E-state index contributed by atoms with van der Waals surface area (Å²) in [4.78, 5) is 33.9. The van der Waals surface area contributed by atoms with E-state index in [1.807, 2.05) is 24.3 Å². The van der Waals surface area contributed by atoms with Crippen molar-refractivity contribution in [2.45, 2.75) is 12.2 Å². The highest BCUT2D eigenvalue weighted by atomic mass is 16.5. The van der Waals surface area contributed by atoms with E-state index in [0.29, 0.717) is 5.96 Å². The van der Waals surface area contributed by atoms with E-state index in [1.165, 1.54) is 15.9 Å². The van der Waals surface area contributed by atoms with E-state index < -0.39 is 12.2 Å². The number of hydrazone groups is 1. The number of hydrogen-bond acceptors (Lipinski definition) is 7. The van der Waals surface area contributed by atoms with Gasteiger partial charge in [-0.2, -0.15) is 5.10 Å². The molecule has 9 heteroatoms. The van der Waals surface area contributed by atoms with E-state index in [1.54, 1.807) is 32.3 Å². The number of carbonyl (C=O) groups excluding carboxylic acids is 2. The highest BCUT2D eigenvalue weighted by Crippen LogP contribution is 2.26. The van der Waals surface area contributed by atoms with Crippen molar-refractivity contribution >= 4 is 24.1 Å². The van der Waals surface area contributed by atoms with Crippen molar-refractivity contribution in [1.29, 1.82) is 0 Å². The second-order valence-corrected chi connectivity index (χ2v) is 6.20. The van der Waals surface area contributed by atoms with Crippen LogP contribution >= 0.6 is 0 Å². The molecule has 3 amide bonds. The molecule has 2 atom stereocenters. The summed E-state index contributed by atoms with van der Waals surface area (Å²) < 4.78 is 5.18. The van der Waals surface area contributed by atoms with Crippen molar-refractivity contribution < 1.29 is 14.3 Å². The lowest BCUT2D eigenvalue weighted by Gasteiger charge is -2.39. The number of nitrogens with one attached hydrogen (secondary N) is 1. The van der Waals surface area contributed by atoms with Crippen LogP contribution in [0, 0.1) is 0 Å². The van der Waals surface area contributed by atoms with Crippen LogP contribution in [0.2, 0.25) is 0 Å². The van der Waals surface area contributed by atoms with Crippen LogP contribution in [0.4, 0.5) is 4.79 Å². The molecule has 2 aliphatic rings. The number of amides is 3. The molecule has 1 fully saturated rings. The number of rotatable bonds is 5. The summed E-state index contributed by atoms with van der Waals surface area (Å²) in [6.45, 7) is 3.77. The topological polar surface area (TPSA) is 89.8 Å². The third-order valence-corrected chi connectivity index (χ3v) is 4.52. The van der Waals surface area contributed by atoms with Crippen LogP contribution in [0.3, 0.4) is 0 Å². The number of guanidine groups is 1. The Labute approximate surface area is 157 Å². The molecule has 1 aromatic rings. The number of ether oxygens (including phenoxy) is 1. The Hall–Kier alpha value is -3.36. The van der Waals surface area contributed by atoms with Crippen LogP contribution in [0.15, 0.2) is 47.0 Å². The number of benzene rings is 1. The van der Waals surface area contributed by atoms with Crippen LogP contribution in [-0.2, 0) is 4.79 Å². The lowest BCUT2D eigenvalue weighted by molar-refractivity contribution is -0.136. The molecule has 0 aromatic heterocycles. The molecule has 2 heterocycles. The zero-order valence-electron chi connectivity index (χ0n) is 15.5. The van der Waals surface area contributed by atoms with Gasteiger partial charge in [0, 0.05) is 20.6 Å². The van der Waals surface area contributed by atoms with E-state index in [9.17, 15) is 9.59 Å². The number of nitrogens with zero attached hydrogens (tertiary/aromatic N) is 5. The third-order valence-electron chi connectivity index (χ3n) is 4.52. The van der Waals surface area contributed by atoms with Crippen molar-refractivity contribution in [3.63, 3.8) is 0 Å². The van der Waals surface area contributed by atoms with E-state index in [2.05, 4.69) is 22.1 Å². The van der Waals surface area contributed by atoms with Crippen molar-refractivity contribution in [2.24, 2.45) is 10.1 Å². The zero-order chi connectivity index (χ0) is 19.6. The number of likely N-dealkylation sites (N-methyl/N-ethyl adjacent to an activating group) is 2. The standard InChI is InChI=1S/C18H22N6O3/c1-5-9-24-16(25)14-15(23(3)18(24)26)20-17(22(14)2)21-19-11-12-7-6-8-13(10-12)27-4/h5-8,10-11,14-15H,1,9H2,2-4H3,(H,20,21)/b19-11+. The summed E-state index contributed by atoms with van der Waals surface area (Å²) in [6, 6.07) is 6.45. The highest BCUT2D eigenvalue weighted by Gasteiger charge is 2.50. The molecule has 0 radical (unpaired) electrons. The average molecular weight is 370 g/mol. The van der Waals surface area contributed by atoms with Crippen molar-refractivity contribution in [2.75, 3.05) is 27.7 Å². The molecule has 27 heavy (non-hydrogen) atoms. The molecule has 0 spiro atoms. The summed E-state index contributed by atoms with van der Waals surface area (Å²) in [5, 5.41) is 4.18. The third kappa shape index (κ3) is 3.35. The summed E-state index contributed by atoms with van der Waals surface area (Å²) in [5.41, 5.74) is 3.70. The molecule has 0 bridgehead atoms. The molecule has 0 aliphatic carbocycles. The monoisotopic (exact) mass is 370 g/mol. The Kier molecular flexibility index (Phi) is 5.11. The number of aliphatic imine (C=N–C) groups is 1. The van der Waals surface area contributed by atoms with E-state index in [-0.39, 0.29) is 18.5 Å². The molecule has 2 unspecified atom stereocenters. The first-order valence-corrected chi connectivity index (χ1v) is 8.40. The van der Waals surface area contributed by atoms with Crippen LogP contribution < -0.4 is 10.2 Å². The van der Waals surface area contributed by atoms with Gasteiger partial charge in [-0.1, -0.05) is 18.2 Å². The normalized spacial score (nSPS) is 22.2. The first kappa shape index (κ1) is 18.4. The number of carbonyl (C=O) groups is 2. The van der Waals surface area contributed by atoms with Gasteiger partial charge in [0.15, 0.2) is 12.2 Å². The molecular formula is C18H22N6O3. The molecule has 0 saturated carbocycles. The van der Waals surface area contributed by atoms with Gasteiger partial charge < -0.3 is 14.5 Å². The Morgan fingerprint density at radius 2 is 2.11 bits per heavy atom. The van der Waals surface area contributed by atoms with Crippen LogP contribution in [0.1, 0.15) is 5.56 Å². The van der Waals surface area contributed by atoms with Gasteiger partial charge in [0.05, 0.1) is 13.3 Å². The Balaban J connectivity index is 1.75. The van der Waals surface area contributed by atoms with E-state index in [4.69, 9.17) is 4.74 Å². The van der Waals surface area contributed by atoms with Crippen LogP contribution in [-0.4, -0.2) is 78.8 Å². The predicted molar refractivity (Wildman–Crippen MR) is 102 cm³/mol. The minimum Gasteiger partial charge on any atom is -0.497 e. The number of imide groups is 1. The van der Waals surface area contributed by atoms with Gasteiger partial charge >= 0.3 is 6.03 Å². The van der Waals surface area contributed by atoms with Gasteiger partial charge in [-0.15, -0.1) is 6.58 Å². The molecule has 9 nitrogen and oxygen atoms in total. The maximum absolute atomic E-state index is 12.7. The molecule has 1 saturated heterocycles. The lowest BCUT2D eigenvalue weighted by Crippen LogP contribution is -2.64. The quantitative estimate of drug-likeness (QED) is 0.468. The van der Waals surface area contributed by atoms with Gasteiger partial charge in [-0.3, -0.25) is 9.69 Å². The summed E-state index contributed by atoms with van der Waals surface area (Å²) in [5.74, 6) is 0.841. The number of methoxy groups -OCH3 is 1. The summed E-state index contributed by atoms with van der Waals surface area (Å²) in [7, 11) is 4.97. The van der Waals surface area contributed by atoms with Gasteiger partial charge in [0.2, 0.25) is 5.96 Å². The molecule has 3 rings (SSSR count). The zero-order valence-corrected chi connectivity index (χ0v) is 15.5. The number of fused-ring (bicyclic) bond motifs is 1. The van der Waals surface area contributed by atoms with Crippen molar-refractivity contribution in [3.05, 3.63) is 42.5 Å². The predicted octanol–water partition coefficient (Wildman–Crippen LogP) is 0.695. The van der Waals surface area contributed by atoms with E-state index >= 15 is 0 Å². The minimum atomic E-state index is -0.595. The van der Waals surface area contributed by atoms with Gasteiger partial charge in [-0.25, -0.2) is 15.2 Å². The van der Waals surface area contributed by atoms with Crippen LogP contribution in [0.25, 0.3) is 0 Å². The van der Waals surface area contributed by atoms with Gasteiger partial charge in [0.25, 0.3) is 5.91 Å². The average Bonchev–Trinajstić information content (AvgIpc) is 3.00. The highest BCUT2D eigenvalue weighted by molar-refractivity contribution is 6.03. The SMILES string of the molecule is C=CCN1C(=O)C2C(N=C(N/N=C/c3cccc(OC)c3)N2C)N(C)C1=O. The van der Waals surface area contributed by atoms with Crippen molar-refractivity contribution in [1.82, 2.24) is 20.1 Å². The first-order valence-electron chi connectivity index (χ1n) is 8.40. The number of hydrogen-bond donors (Lipinski definition) is 1. The van der Waals surface area contributed by atoms with E-state index in [0.717, 1.165) is 11.3 Å². The number of urea groups is 1. The first-order chi connectivity index (χ1) is 13.0. The smallest absolute Gasteiger partial charge is 0.328 e. The molecular weight excluding hydrogens is 348 g/mol. The fourth-order valence-electron chi connectivity index (χ4n) is 3.06. The Morgan fingerprint density at radius 3 is 2.81 bits per heavy atom. The Bertz CT molecular complexity index is 821. The van der Waals surface area contributed by atoms with Crippen LogP contribution in [0.5, 0.6) is 5.75 Å². The van der Waals surface area contributed by atoms with Gasteiger partial charge in [-0.05, 0) is 17.7 Å². The Morgan fingerprint density at radius 1 is 1.33 bits per heavy atom. The lowest BCUT2D eigenvalue weighted by atomic mass is 10.1. The van der Waals surface area contributed by atoms with Crippen molar-refractivity contribution in [3.8, 4) is 5.75 Å². The fraction of sp³-hybridized carbons (Fsp3) is 0.333. The summed E-state index contributed by atoms with van der Waals surface area (Å²) >= 11 is 0. The largest absolute Gasteiger partial charge is 0.497 e. The maximum Gasteiger partial charge on any atom is 0.328 e. The van der Waals surface area contributed by atoms with Gasteiger partial charge in [0.1, 0.15) is 5.75 Å². The molecule has 1 N–H and O–H groups in total. The minimum absolute atomic E-state index is 0.163. The maximum atomic E-state index is 12.7. The second kappa shape index (κ2) is 7.48. The fourth-order valence-corrected chi connectivity index (χ4v) is 3.06. The molecule has 2 aliphatic heterocycles. The summed E-state index contributed by atoms with van der Waals surface area (Å²) in [6.07, 6.45) is 2.56. The second-order valence-electron chi connectivity index (χ2n) is 6.20. The molecule has 1 aromatic carbocycles.